The first-order valence-corrected chi connectivity index (χ1v) is 5.38. The molecule has 0 bridgehead atoms. The van der Waals surface area contributed by atoms with Crippen molar-refractivity contribution in [1.29, 1.82) is 0 Å². The number of nitrogens with zero attached hydrogens (tertiary/aromatic N) is 1. The van der Waals surface area contributed by atoms with Crippen LogP contribution in [0.2, 0.25) is 0 Å². The highest BCUT2D eigenvalue weighted by Crippen LogP contribution is 2.43. The van der Waals surface area contributed by atoms with Crippen LogP contribution in [-0.4, -0.2) is 24.8 Å². The van der Waals surface area contributed by atoms with Crippen LogP contribution in [0.5, 0.6) is 0 Å². The molecule has 0 aromatic heterocycles. The molecule has 0 aliphatic rings. The Kier molecular flexibility index (Phi) is 4.62. The van der Waals surface area contributed by atoms with Gasteiger partial charge < -0.3 is 4.74 Å². The lowest BCUT2D eigenvalue weighted by molar-refractivity contribution is -0.207. The second-order valence-electron chi connectivity index (χ2n) is 3.64. The lowest BCUT2D eigenvalue weighted by Gasteiger charge is -2.28. The minimum atomic E-state index is -5.24. The van der Waals surface area contributed by atoms with E-state index in [1.54, 1.807) is 0 Å². The molecule has 20 heavy (non-hydrogen) atoms. The third-order valence-corrected chi connectivity index (χ3v) is 2.46. The lowest BCUT2D eigenvalue weighted by atomic mass is 9.89. The molecule has 1 aromatic rings. The van der Waals surface area contributed by atoms with E-state index in [0.717, 1.165) is 18.2 Å². The van der Waals surface area contributed by atoms with Crippen LogP contribution < -0.4 is 0 Å². The van der Waals surface area contributed by atoms with E-state index in [-0.39, 0.29) is 6.61 Å². The van der Waals surface area contributed by atoms with E-state index in [1.165, 1.54) is 6.92 Å². The molecule has 4 nitrogen and oxygen atoms in total. The van der Waals surface area contributed by atoms with Crippen LogP contribution in [0.15, 0.2) is 29.3 Å². The molecule has 0 aliphatic heterocycles. The van der Waals surface area contributed by atoms with Gasteiger partial charge in [-0.05, 0) is 19.1 Å². The Morgan fingerprint density at radius 1 is 1.30 bits per heavy atom. The van der Waals surface area contributed by atoms with E-state index in [1.807, 2.05) is 0 Å². The zero-order valence-corrected chi connectivity index (χ0v) is 10.2. The number of aliphatic imine (C=N–C) groups is 1. The minimum Gasteiger partial charge on any atom is -0.464 e. The average molecular weight is 291 g/mol. The van der Waals surface area contributed by atoms with E-state index in [0.29, 0.717) is 12.1 Å². The topological polar surface area (TPSA) is 55.7 Å². The molecule has 0 fully saturated rings. The molecule has 0 saturated carbocycles. The van der Waals surface area contributed by atoms with Crippen LogP contribution >= 0.6 is 0 Å². The van der Waals surface area contributed by atoms with Crippen molar-refractivity contribution in [2.24, 2.45) is 4.99 Å². The Morgan fingerprint density at radius 3 is 2.25 bits per heavy atom. The highest BCUT2D eigenvalue weighted by molar-refractivity contribution is 5.85. The van der Waals surface area contributed by atoms with Crippen molar-refractivity contribution in [3.63, 3.8) is 0 Å². The van der Waals surface area contributed by atoms with E-state index < -0.39 is 29.1 Å². The summed E-state index contributed by atoms with van der Waals surface area (Å²) in [4.78, 5) is 24.6. The van der Waals surface area contributed by atoms with Gasteiger partial charge in [0.1, 0.15) is 5.82 Å². The molecule has 1 atom stereocenters. The Balaban J connectivity index is 3.57. The molecule has 1 aromatic carbocycles. The number of isocyanates is 1. The predicted molar refractivity (Wildman–Crippen MR) is 58.9 cm³/mol. The predicted octanol–water partition coefficient (Wildman–Crippen LogP) is 2.48. The fourth-order valence-corrected chi connectivity index (χ4v) is 1.57. The summed E-state index contributed by atoms with van der Waals surface area (Å²) in [6.45, 7) is 0.959. The summed E-state index contributed by atoms with van der Waals surface area (Å²) in [5, 5.41) is 0. The molecule has 8 heteroatoms. The monoisotopic (exact) mass is 291 g/mol. The number of rotatable bonds is 4. The van der Waals surface area contributed by atoms with Gasteiger partial charge in [-0.1, -0.05) is 12.1 Å². The summed E-state index contributed by atoms with van der Waals surface area (Å²) < 4.78 is 56.9. The summed E-state index contributed by atoms with van der Waals surface area (Å²) >= 11 is 0. The van der Waals surface area contributed by atoms with Crippen LogP contribution in [0.4, 0.5) is 17.6 Å². The maximum atomic E-state index is 13.3. The Labute approximate surface area is 111 Å². The third-order valence-electron chi connectivity index (χ3n) is 2.46. The first-order valence-electron chi connectivity index (χ1n) is 5.38. The number of carbonyl (C=O) groups is 1. The molecule has 0 saturated heterocycles. The van der Waals surface area contributed by atoms with Crippen LogP contribution in [0, 0.1) is 5.82 Å². The van der Waals surface area contributed by atoms with Crippen LogP contribution in [0.25, 0.3) is 0 Å². The number of carbonyl (C=O) groups excluding carboxylic acids is 2. The first kappa shape index (κ1) is 15.8. The molecule has 1 rings (SSSR count). The average Bonchev–Trinajstić information content (AvgIpc) is 2.36. The van der Waals surface area contributed by atoms with Gasteiger partial charge in [0, 0.05) is 5.56 Å². The zero-order valence-electron chi connectivity index (χ0n) is 10.2. The first-order chi connectivity index (χ1) is 9.29. The van der Waals surface area contributed by atoms with Gasteiger partial charge in [0.2, 0.25) is 6.08 Å². The summed E-state index contributed by atoms with van der Waals surface area (Å²) in [5.74, 6) is -2.58. The molecule has 0 heterocycles. The molecule has 0 radical (unpaired) electrons. The summed E-state index contributed by atoms with van der Waals surface area (Å²) in [7, 11) is 0. The van der Waals surface area contributed by atoms with E-state index in [2.05, 4.69) is 9.73 Å². The molecule has 108 valence electrons. The number of hydrogen-bond acceptors (Lipinski definition) is 4. The molecule has 0 amide bonds. The number of hydrogen-bond donors (Lipinski definition) is 0. The van der Waals surface area contributed by atoms with E-state index in [9.17, 15) is 27.2 Å². The fourth-order valence-electron chi connectivity index (χ4n) is 1.57. The molecule has 0 aliphatic carbocycles. The van der Waals surface area contributed by atoms with Crippen molar-refractivity contribution >= 4 is 12.0 Å². The van der Waals surface area contributed by atoms with Gasteiger partial charge in [0.15, 0.2) is 0 Å². The SMILES string of the molecule is CCOC(=O)C(N=C=O)(c1ccc(F)cc1)C(F)(F)F. The largest absolute Gasteiger partial charge is 0.464 e. The van der Waals surface area contributed by atoms with Gasteiger partial charge in [-0.3, -0.25) is 0 Å². The summed E-state index contributed by atoms with van der Waals surface area (Å²) in [5.41, 5.74) is -4.27. The number of alkyl halides is 3. The molecule has 1 unspecified atom stereocenters. The van der Waals surface area contributed by atoms with Gasteiger partial charge in [0.25, 0.3) is 5.54 Å². The van der Waals surface area contributed by atoms with Crippen molar-refractivity contribution in [3.8, 4) is 0 Å². The molecular formula is C12H9F4NO3. The summed E-state index contributed by atoms with van der Waals surface area (Å²) in [6.07, 6.45) is -4.51. The van der Waals surface area contributed by atoms with Gasteiger partial charge in [0.05, 0.1) is 6.61 Å². The highest BCUT2D eigenvalue weighted by Gasteiger charge is 2.64. The van der Waals surface area contributed by atoms with Crippen molar-refractivity contribution in [1.82, 2.24) is 0 Å². The van der Waals surface area contributed by atoms with Gasteiger partial charge in [-0.25, -0.2) is 14.0 Å². The van der Waals surface area contributed by atoms with Crippen LogP contribution in [0.1, 0.15) is 12.5 Å². The smallest absolute Gasteiger partial charge is 0.429 e. The molecule has 0 spiro atoms. The second kappa shape index (κ2) is 5.83. The number of ether oxygens (including phenoxy) is 1. The van der Waals surface area contributed by atoms with E-state index in [4.69, 9.17) is 0 Å². The normalized spacial score (nSPS) is 14.1. The van der Waals surface area contributed by atoms with Gasteiger partial charge >= 0.3 is 12.1 Å². The standard InChI is InChI=1S/C12H9F4NO3/c1-2-20-10(19)11(17-7-18,12(14,15)16)8-3-5-9(13)6-4-8/h3-6H,2H2,1H3. The number of esters is 1. The van der Waals surface area contributed by atoms with Crippen LogP contribution in [0.3, 0.4) is 0 Å². The zero-order chi connectivity index (χ0) is 15.4. The Morgan fingerprint density at radius 2 is 1.85 bits per heavy atom. The maximum absolute atomic E-state index is 13.3. The Hall–Kier alpha value is -2.21. The third kappa shape index (κ3) is 2.70. The maximum Gasteiger partial charge on any atom is 0.429 e. The van der Waals surface area contributed by atoms with Crippen molar-refractivity contribution in [2.45, 2.75) is 18.6 Å². The summed E-state index contributed by atoms with van der Waals surface area (Å²) in [6, 6.07) is 2.85. The van der Waals surface area contributed by atoms with Crippen molar-refractivity contribution in [2.75, 3.05) is 6.61 Å². The second-order valence-corrected chi connectivity index (χ2v) is 3.64. The molecule has 0 N–H and O–H groups in total. The van der Waals surface area contributed by atoms with Crippen molar-refractivity contribution in [3.05, 3.63) is 35.6 Å². The van der Waals surface area contributed by atoms with Gasteiger partial charge in [-0.15, -0.1) is 0 Å². The van der Waals surface area contributed by atoms with Crippen molar-refractivity contribution < 1.29 is 31.9 Å². The Bertz CT molecular complexity index is 535. The van der Waals surface area contributed by atoms with E-state index >= 15 is 0 Å². The highest BCUT2D eigenvalue weighted by atomic mass is 19.4. The number of benzene rings is 1. The van der Waals surface area contributed by atoms with Crippen LogP contribution in [-0.2, 0) is 19.9 Å². The molecular weight excluding hydrogens is 282 g/mol. The quantitative estimate of drug-likeness (QED) is 0.370. The number of halogens is 4. The van der Waals surface area contributed by atoms with Gasteiger partial charge in [-0.2, -0.15) is 18.2 Å². The minimum absolute atomic E-state index is 0.341. The fraction of sp³-hybridized carbons (Fsp3) is 0.333. The lowest BCUT2D eigenvalue weighted by Crippen LogP contribution is -2.48.